The molecule has 210 valence electrons. The minimum absolute atomic E-state index is 0.235. The summed E-state index contributed by atoms with van der Waals surface area (Å²) in [5.74, 6) is 0.301. The van der Waals surface area contributed by atoms with Crippen molar-refractivity contribution in [2.24, 2.45) is 0 Å². The largest absolute Gasteiger partial charge is 0.332 e. The fourth-order valence-corrected chi connectivity index (χ4v) is 8.57. The van der Waals surface area contributed by atoms with Crippen LogP contribution >= 0.6 is 0 Å². The predicted octanol–water partition coefficient (Wildman–Crippen LogP) is 10.7. The van der Waals surface area contributed by atoms with Crippen LogP contribution < -0.4 is 4.90 Å². The van der Waals surface area contributed by atoms with Crippen LogP contribution in [0, 0.1) is 0 Å². The molecule has 11 rings (SSSR count). The Bertz CT molecular complexity index is 2720. The van der Waals surface area contributed by atoms with E-state index in [1.807, 2.05) is 0 Å². The van der Waals surface area contributed by atoms with Crippen molar-refractivity contribution in [3.05, 3.63) is 157 Å². The van der Waals surface area contributed by atoms with Crippen molar-refractivity contribution in [2.45, 2.75) is 12.0 Å². The first-order valence-corrected chi connectivity index (χ1v) is 15.8. The molecule has 3 aromatic heterocycles. The van der Waals surface area contributed by atoms with Crippen LogP contribution in [0.1, 0.15) is 11.5 Å². The van der Waals surface area contributed by atoms with Crippen molar-refractivity contribution < 1.29 is 0 Å². The van der Waals surface area contributed by atoms with Crippen LogP contribution in [-0.2, 0) is 0 Å². The summed E-state index contributed by atoms with van der Waals surface area (Å²) < 4.78 is 5.01. The van der Waals surface area contributed by atoms with Crippen molar-refractivity contribution in [1.82, 2.24) is 8.97 Å². The van der Waals surface area contributed by atoms with Gasteiger partial charge >= 0.3 is 0 Å². The molecule has 6 aromatic carbocycles. The highest BCUT2D eigenvalue weighted by Crippen LogP contribution is 2.53. The number of nitrogens with zero attached hydrogens (tertiary/aromatic N) is 3. The van der Waals surface area contributed by atoms with Gasteiger partial charge in [-0.05, 0) is 42.0 Å². The predicted molar refractivity (Wildman–Crippen MR) is 189 cm³/mol. The highest BCUT2D eigenvalue weighted by molar-refractivity contribution is 6.23. The highest BCUT2D eigenvalue weighted by Gasteiger charge is 2.39. The average molecular weight is 574 g/mol. The van der Waals surface area contributed by atoms with Gasteiger partial charge in [0.1, 0.15) is 0 Å². The quantitative estimate of drug-likeness (QED) is 0.200. The van der Waals surface area contributed by atoms with Crippen LogP contribution in [-0.4, -0.2) is 15.0 Å². The molecule has 1 aliphatic carbocycles. The van der Waals surface area contributed by atoms with E-state index in [4.69, 9.17) is 0 Å². The molecule has 0 spiro atoms. The maximum absolute atomic E-state index is 2.57. The Hall–Kier alpha value is -5.80. The van der Waals surface area contributed by atoms with Crippen molar-refractivity contribution in [3.63, 3.8) is 0 Å². The fraction of sp³-hybridized carbons (Fsp3) is 0.0476. The van der Waals surface area contributed by atoms with Gasteiger partial charge in [-0.3, -0.25) is 0 Å². The standard InChI is InChI=1S/C42H27N3/c1-2-11-26(12-3-1)43-36-18-7-4-14-29(36)34-23-24-35-30-15-5-8-19-37(30)44(42(35)41(34)43)27-21-22-31-33-17-10-16-32-28-13-6-9-20-38(28)45(40(32)33)39(31)25-27/h1-25,29,36H. The van der Waals surface area contributed by atoms with Crippen molar-refractivity contribution in [1.29, 1.82) is 0 Å². The Morgan fingerprint density at radius 1 is 0.444 bits per heavy atom. The van der Waals surface area contributed by atoms with Gasteiger partial charge in [0.25, 0.3) is 0 Å². The van der Waals surface area contributed by atoms with E-state index in [0.717, 1.165) is 0 Å². The van der Waals surface area contributed by atoms with Gasteiger partial charge in [-0.15, -0.1) is 0 Å². The van der Waals surface area contributed by atoms with Crippen molar-refractivity contribution in [2.75, 3.05) is 4.90 Å². The number of hydrogen-bond acceptors (Lipinski definition) is 1. The third kappa shape index (κ3) is 2.91. The molecule has 0 N–H and O–H groups in total. The Balaban J connectivity index is 1.29. The van der Waals surface area contributed by atoms with Crippen LogP contribution in [0.15, 0.2) is 152 Å². The number of para-hydroxylation sites is 4. The lowest BCUT2D eigenvalue weighted by Gasteiger charge is -2.29. The van der Waals surface area contributed by atoms with Crippen LogP contribution in [0.5, 0.6) is 0 Å². The van der Waals surface area contributed by atoms with E-state index >= 15 is 0 Å². The van der Waals surface area contributed by atoms with E-state index in [0.29, 0.717) is 5.92 Å². The summed E-state index contributed by atoms with van der Waals surface area (Å²) in [6.07, 6.45) is 9.15. The van der Waals surface area contributed by atoms with E-state index in [1.165, 1.54) is 82.5 Å². The first-order chi connectivity index (χ1) is 22.4. The van der Waals surface area contributed by atoms with E-state index in [2.05, 4.69) is 166 Å². The fourth-order valence-electron chi connectivity index (χ4n) is 8.57. The van der Waals surface area contributed by atoms with Gasteiger partial charge in [0.2, 0.25) is 0 Å². The number of anilines is 2. The lowest BCUT2D eigenvalue weighted by Crippen LogP contribution is -2.28. The zero-order chi connectivity index (χ0) is 29.2. The van der Waals surface area contributed by atoms with Crippen molar-refractivity contribution >= 4 is 71.3 Å². The summed E-state index contributed by atoms with van der Waals surface area (Å²) in [5.41, 5.74) is 11.4. The van der Waals surface area contributed by atoms with E-state index in [1.54, 1.807) is 0 Å². The minimum Gasteiger partial charge on any atom is -0.332 e. The Morgan fingerprint density at radius 3 is 1.93 bits per heavy atom. The molecule has 2 aliphatic rings. The number of benzene rings is 6. The Kier molecular flexibility index (Phi) is 4.43. The lowest BCUT2D eigenvalue weighted by atomic mass is 9.91. The van der Waals surface area contributed by atoms with Gasteiger partial charge in [-0.1, -0.05) is 115 Å². The van der Waals surface area contributed by atoms with Gasteiger partial charge in [0, 0.05) is 49.6 Å². The Labute approximate surface area is 259 Å². The molecule has 45 heavy (non-hydrogen) atoms. The van der Waals surface area contributed by atoms with Gasteiger partial charge in [-0.25, -0.2) is 0 Å². The van der Waals surface area contributed by atoms with Gasteiger partial charge < -0.3 is 13.9 Å². The maximum atomic E-state index is 2.57. The molecule has 4 heterocycles. The Morgan fingerprint density at radius 2 is 1.09 bits per heavy atom. The molecule has 2 unspecified atom stereocenters. The van der Waals surface area contributed by atoms with Crippen LogP contribution in [0.4, 0.5) is 11.4 Å². The molecule has 0 bridgehead atoms. The molecule has 0 amide bonds. The molecule has 3 nitrogen and oxygen atoms in total. The van der Waals surface area contributed by atoms with Crippen LogP contribution in [0.25, 0.3) is 65.6 Å². The average Bonchev–Trinajstić information content (AvgIpc) is 3.82. The lowest BCUT2D eigenvalue weighted by molar-refractivity contribution is 0.745. The smallest absolute Gasteiger partial charge is 0.0782 e. The number of hydrogen-bond donors (Lipinski definition) is 0. The summed E-state index contributed by atoms with van der Waals surface area (Å²) in [7, 11) is 0. The molecule has 2 atom stereocenters. The molecular formula is C42H27N3. The third-order valence-electron chi connectivity index (χ3n) is 10.3. The first-order valence-electron chi connectivity index (χ1n) is 15.8. The third-order valence-corrected chi connectivity index (χ3v) is 10.3. The molecule has 9 aromatic rings. The molecular weight excluding hydrogens is 546 g/mol. The summed E-state index contributed by atoms with van der Waals surface area (Å²) in [4.78, 5) is 2.57. The monoisotopic (exact) mass is 573 g/mol. The highest BCUT2D eigenvalue weighted by atomic mass is 15.2. The number of rotatable bonds is 2. The number of fused-ring (bicyclic) bond motifs is 13. The minimum atomic E-state index is 0.235. The molecule has 1 aliphatic heterocycles. The van der Waals surface area contributed by atoms with Gasteiger partial charge in [-0.2, -0.15) is 0 Å². The second-order valence-electron chi connectivity index (χ2n) is 12.5. The topological polar surface area (TPSA) is 12.6 Å². The molecule has 0 fully saturated rings. The summed E-state index contributed by atoms with van der Waals surface area (Å²) in [6, 6.07) is 47.4. The van der Waals surface area contributed by atoms with Crippen molar-refractivity contribution in [3.8, 4) is 5.69 Å². The zero-order valence-corrected chi connectivity index (χ0v) is 24.4. The number of aromatic nitrogens is 2. The summed E-state index contributed by atoms with van der Waals surface area (Å²) >= 11 is 0. The normalized spacial score (nSPS) is 17.6. The second kappa shape index (κ2) is 8.43. The van der Waals surface area contributed by atoms with Gasteiger partial charge in [0.05, 0.1) is 39.3 Å². The van der Waals surface area contributed by atoms with Gasteiger partial charge in [0.15, 0.2) is 0 Å². The van der Waals surface area contributed by atoms with Crippen LogP contribution in [0.3, 0.4) is 0 Å². The molecule has 3 heteroatoms. The molecule has 0 saturated carbocycles. The number of allylic oxidation sites excluding steroid dienone is 2. The van der Waals surface area contributed by atoms with E-state index in [9.17, 15) is 0 Å². The zero-order valence-electron chi connectivity index (χ0n) is 24.4. The van der Waals surface area contributed by atoms with E-state index in [-0.39, 0.29) is 6.04 Å². The summed E-state index contributed by atoms with van der Waals surface area (Å²) in [5, 5.41) is 7.80. The molecule has 0 radical (unpaired) electrons. The maximum Gasteiger partial charge on any atom is 0.0782 e. The summed E-state index contributed by atoms with van der Waals surface area (Å²) in [6.45, 7) is 0. The van der Waals surface area contributed by atoms with E-state index < -0.39 is 0 Å². The first kappa shape index (κ1) is 23.6. The second-order valence-corrected chi connectivity index (χ2v) is 12.5. The SMILES string of the molecule is C1=CC2c3ccc4c5ccccc5n(-c5ccc6c7cccc8c9ccccc9n(c6c5)c87)c4c3N(c3ccccc3)C2C=C1. The molecule has 0 saturated heterocycles. The van der Waals surface area contributed by atoms with Crippen LogP contribution in [0.2, 0.25) is 0 Å².